The Morgan fingerprint density at radius 3 is 2.40 bits per heavy atom. The van der Waals surface area contributed by atoms with Crippen molar-refractivity contribution >= 4 is 11.6 Å². The molecule has 0 saturated carbocycles. The number of hydrogen-bond donors (Lipinski definition) is 2. The topological polar surface area (TPSA) is 64.3 Å². The van der Waals surface area contributed by atoms with Crippen LogP contribution in [0.2, 0.25) is 0 Å². The first kappa shape index (κ1) is 18.8. The van der Waals surface area contributed by atoms with E-state index in [1.54, 1.807) is 0 Å². The number of aryl methyl sites for hydroxylation is 1. The van der Waals surface area contributed by atoms with E-state index in [4.69, 9.17) is 10.5 Å². The molecule has 2 aromatic carbocycles. The Kier molecular flexibility index (Phi) is 6.87. The molecular formula is C21H28N2O2. The van der Waals surface area contributed by atoms with Gasteiger partial charge in [0.2, 0.25) is 5.91 Å². The van der Waals surface area contributed by atoms with Crippen molar-refractivity contribution in [2.75, 3.05) is 12.3 Å². The number of nitrogens with one attached hydrogen (secondary N) is 1. The summed E-state index contributed by atoms with van der Waals surface area (Å²) in [7, 11) is 0. The first-order valence-electron chi connectivity index (χ1n) is 8.81. The van der Waals surface area contributed by atoms with Crippen LogP contribution in [0.3, 0.4) is 0 Å². The quantitative estimate of drug-likeness (QED) is 0.711. The van der Waals surface area contributed by atoms with Crippen molar-refractivity contribution in [3.63, 3.8) is 0 Å². The van der Waals surface area contributed by atoms with Crippen molar-refractivity contribution in [3.05, 3.63) is 59.7 Å². The molecule has 0 saturated heterocycles. The van der Waals surface area contributed by atoms with Gasteiger partial charge in [-0.2, -0.15) is 0 Å². The minimum atomic E-state index is -0.0419. The summed E-state index contributed by atoms with van der Waals surface area (Å²) < 4.78 is 5.68. The molecule has 0 bridgehead atoms. The lowest BCUT2D eigenvalue weighted by atomic mass is 10.1. The van der Waals surface area contributed by atoms with Gasteiger partial charge in [-0.05, 0) is 48.6 Å². The largest absolute Gasteiger partial charge is 0.493 e. The number of amides is 1. The molecule has 0 heterocycles. The van der Waals surface area contributed by atoms with E-state index in [2.05, 4.69) is 19.2 Å². The first-order chi connectivity index (χ1) is 12.0. The van der Waals surface area contributed by atoms with Crippen LogP contribution in [-0.4, -0.2) is 12.5 Å². The van der Waals surface area contributed by atoms with Gasteiger partial charge in [-0.15, -0.1) is 0 Å². The van der Waals surface area contributed by atoms with E-state index in [1.165, 1.54) is 0 Å². The zero-order valence-corrected chi connectivity index (χ0v) is 15.3. The summed E-state index contributed by atoms with van der Waals surface area (Å²) in [6.45, 7) is 6.93. The molecule has 1 atom stereocenters. The molecule has 1 unspecified atom stereocenters. The van der Waals surface area contributed by atoms with Gasteiger partial charge in [0.15, 0.2) is 0 Å². The van der Waals surface area contributed by atoms with E-state index in [-0.39, 0.29) is 11.9 Å². The van der Waals surface area contributed by atoms with Gasteiger partial charge < -0.3 is 15.8 Å². The van der Waals surface area contributed by atoms with Gasteiger partial charge in [-0.1, -0.05) is 44.2 Å². The molecule has 0 aliphatic carbocycles. The summed E-state index contributed by atoms with van der Waals surface area (Å²) in [4.78, 5) is 12.2. The third-order valence-corrected chi connectivity index (χ3v) is 4.02. The first-order valence-corrected chi connectivity index (χ1v) is 8.81. The summed E-state index contributed by atoms with van der Waals surface area (Å²) in [5.74, 6) is 1.38. The van der Waals surface area contributed by atoms with E-state index >= 15 is 0 Å². The lowest BCUT2D eigenvalue weighted by Gasteiger charge is -2.15. The normalized spacial score (nSPS) is 12.0. The summed E-state index contributed by atoms with van der Waals surface area (Å²) in [6, 6.07) is 15.5. The highest BCUT2D eigenvalue weighted by atomic mass is 16.5. The number of benzene rings is 2. The zero-order valence-electron chi connectivity index (χ0n) is 15.3. The van der Waals surface area contributed by atoms with Crippen molar-refractivity contribution in [2.24, 2.45) is 5.92 Å². The molecule has 25 heavy (non-hydrogen) atoms. The van der Waals surface area contributed by atoms with E-state index < -0.39 is 0 Å². The lowest BCUT2D eigenvalue weighted by Crippen LogP contribution is -2.26. The molecular weight excluding hydrogens is 312 g/mol. The third kappa shape index (κ3) is 6.14. The predicted octanol–water partition coefficient (Wildman–Crippen LogP) is 4.11. The number of nitrogens with two attached hydrogens (primary N) is 1. The average molecular weight is 340 g/mol. The highest BCUT2D eigenvalue weighted by Gasteiger charge is 2.10. The Labute approximate surface area is 150 Å². The number of carbonyl (C=O) groups excluding carboxylic acids is 1. The van der Waals surface area contributed by atoms with Gasteiger partial charge in [0.05, 0.1) is 12.6 Å². The summed E-state index contributed by atoms with van der Waals surface area (Å²) in [5, 5.41) is 3.04. The van der Waals surface area contributed by atoms with Gasteiger partial charge in [-0.25, -0.2) is 0 Å². The fraction of sp³-hybridized carbons (Fsp3) is 0.381. The fourth-order valence-electron chi connectivity index (χ4n) is 2.52. The van der Waals surface area contributed by atoms with Gasteiger partial charge in [-0.3, -0.25) is 4.79 Å². The molecule has 4 heteroatoms. The lowest BCUT2D eigenvalue weighted by molar-refractivity contribution is -0.121. The molecule has 2 rings (SSSR count). The van der Waals surface area contributed by atoms with Gasteiger partial charge >= 0.3 is 0 Å². The molecule has 0 aliphatic heterocycles. The number of para-hydroxylation sites is 1. The second-order valence-corrected chi connectivity index (χ2v) is 6.76. The van der Waals surface area contributed by atoms with E-state index in [9.17, 15) is 4.79 Å². The maximum Gasteiger partial charge on any atom is 0.220 e. The molecule has 0 aliphatic rings. The second-order valence-electron chi connectivity index (χ2n) is 6.76. The van der Waals surface area contributed by atoms with Crippen molar-refractivity contribution in [3.8, 4) is 5.75 Å². The number of rotatable bonds is 8. The Balaban J connectivity index is 1.83. The molecule has 0 aromatic heterocycles. The van der Waals surface area contributed by atoms with Crippen LogP contribution in [0.4, 0.5) is 5.69 Å². The average Bonchev–Trinajstić information content (AvgIpc) is 2.59. The third-order valence-electron chi connectivity index (χ3n) is 4.02. The van der Waals surface area contributed by atoms with Crippen LogP contribution in [-0.2, 0) is 11.2 Å². The van der Waals surface area contributed by atoms with Crippen LogP contribution >= 0.6 is 0 Å². The molecule has 4 nitrogen and oxygen atoms in total. The highest BCUT2D eigenvalue weighted by molar-refractivity contribution is 5.77. The van der Waals surface area contributed by atoms with Crippen LogP contribution in [0, 0.1) is 5.92 Å². The van der Waals surface area contributed by atoms with Gasteiger partial charge in [0.1, 0.15) is 5.75 Å². The number of nitrogen functional groups attached to an aromatic ring is 1. The molecule has 0 fully saturated rings. The Morgan fingerprint density at radius 2 is 1.76 bits per heavy atom. The Bertz CT molecular complexity index is 681. The van der Waals surface area contributed by atoms with E-state index in [1.807, 2.05) is 55.5 Å². The van der Waals surface area contributed by atoms with Crippen LogP contribution < -0.4 is 15.8 Å². The van der Waals surface area contributed by atoms with E-state index in [0.29, 0.717) is 25.4 Å². The van der Waals surface area contributed by atoms with Gasteiger partial charge in [0.25, 0.3) is 0 Å². The second kappa shape index (κ2) is 9.11. The number of hydrogen-bond acceptors (Lipinski definition) is 3. The molecule has 0 spiro atoms. The van der Waals surface area contributed by atoms with Crippen molar-refractivity contribution < 1.29 is 9.53 Å². The summed E-state index contributed by atoms with van der Waals surface area (Å²) in [5.41, 5.74) is 8.72. The molecule has 1 amide bonds. The molecule has 3 N–H and O–H groups in total. The summed E-state index contributed by atoms with van der Waals surface area (Å²) in [6.07, 6.45) is 1.07. The number of anilines is 1. The maximum absolute atomic E-state index is 12.2. The van der Waals surface area contributed by atoms with Crippen LogP contribution in [0.15, 0.2) is 48.5 Å². The standard InChI is InChI=1S/C21H28N2O2/c1-15(2)14-25-19-11-8-17(9-12-19)16(3)23-21(24)13-10-18-6-4-5-7-20(18)22/h4-9,11-12,15-16H,10,13-14,22H2,1-3H3,(H,23,24). The molecule has 0 radical (unpaired) electrons. The minimum absolute atomic E-state index is 0.0240. The van der Waals surface area contributed by atoms with Gasteiger partial charge in [0, 0.05) is 12.1 Å². The fourth-order valence-corrected chi connectivity index (χ4v) is 2.52. The van der Waals surface area contributed by atoms with Crippen molar-refractivity contribution in [1.29, 1.82) is 0 Å². The monoisotopic (exact) mass is 340 g/mol. The summed E-state index contributed by atoms with van der Waals surface area (Å²) >= 11 is 0. The zero-order chi connectivity index (χ0) is 18.2. The van der Waals surface area contributed by atoms with E-state index in [0.717, 1.165) is 22.6 Å². The van der Waals surface area contributed by atoms with Crippen molar-refractivity contribution in [2.45, 2.75) is 39.7 Å². The SMILES string of the molecule is CC(C)COc1ccc(C(C)NC(=O)CCc2ccccc2N)cc1. The van der Waals surface area contributed by atoms with Crippen LogP contribution in [0.1, 0.15) is 44.4 Å². The van der Waals surface area contributed by atoms with Crippen molar-refractivity contribution in [1.82, 2.24) is 5.32 Å². The Hall–Kier alpha value is -2.49. The molecule has 2 aromatic rings. The Morgan fingerprint density at radius 1 is 1.08 bits per heavy atom. The molecule has 134 valence electrons. The number of ether oxygens (including phenoxy) is 1. The number of carbonyl (C=O) groups is 1. The minimum Gasteiger partial charge on any atom is -0.493 e. The highest BCUT2D eigenvalue weighted by Crippen LogP contribution is 2.19. The predicted molar refractivity (Wildman–Crippen MR) is 103 cm³/mol. The smallest absolute Gasteiger partial charge is 0.220 e. The maximum atomic E-state index is 12.2. The van der Waals surface area contributed by atoms with Crippen LogP contribution in [0.5, 0.6) is 5.75 Å². The van der Waals surface area contributed by atoms with Crippen LogP contribution in [0.25, 0.3) is 0 Å².